The van der Waals surface area contributed by atoms with E-state index in [1.165, 1.54) is 45.6 Å². The third-order valence-electron chi connectivity index (χ3n) is 12.1. The first-order valence-electron chi connectivity index (χ1n) is 20.3. The molecular weight excluding hydrogens is 708 g/mol. The van der Waals surface area contributed by atoms with Crippen molar-refractivity contribution in [3.63, 3.8) is 0 Å². The van der Waals surface area contributed by atoms with Crippen molar-refractivity contribution in [1.82, 2.24) is 0 Å². The number of anilines is 3. The highest BCUT2D eigenvalue weighted by Crippen LogP contribution is 2.49. The number of benzene rings is 6. The summed E-state index contributed by atoms with van der Waals surface area (Å²) in [4.78, 5) is 4.79. The van der Waals surface area contributed by atoms with Gasteiger partial charge in [-0.05, 0) is 118 Å². The highest BCUT2D eigenvalue weighted by atomic mass is 19.1. The fourth-order valence-corrected chi connectivity index (χ4v) is 8.85. The average molecular weight is 755 g/mol. The molecule has 284 valence electrons. The van der Waals surface area contributed by atoms with E-state index in [9.17, 15) is 4.39 Å². The Labute approximate surface area is 342 Å². The van der Waals surface area contributed by atoms with E-state index in [1.807, 2.05) is 24.3 Å². The average Bonchev–Trinajstić information content (AvgIpc) is 3.62. The predicted octanol–water partition coefficient (Wildman–Crippen LogP) is 14.5. The lowest BCUT2D eigenvalue weighted by Crippen LogP contribution is -2.29. The summed E-state index contributed by atoms with van der Waals surface area (Å²) in [6, 6.07) is 53.2. The lowest BCUT2D eigenvalue weighted by Gasteiger charge is -2.32. The molecule has 3 aliphatic rings. The van der Waals surface area contributed by atoms with Gasteiger partial charge in [0.25, 0.3) is 0 Å². The van der Waals surface area contributed by atoms with Crippen molar-refractivity contribution < 1.29 is 4.39 Å². The molecule has 0 saturated heterocycles. The van der Waals surface area contributed by atoms with Crippen LogP contribution in [-0.4, -0.2) is 6.04 Å². The Morgan fingerprint density at radius 1 is 0.776 bits per heavy atom. The van der Waals surface area contributed by atoms with Crippen LogP contribution in [0.3, 0.4) is 0 Å². The molecule has 9 rings (SSSR count). The van der Waals surface area contributed by atoms with E-state index in [0.29, 0.717) is 12.0 Å². The smallest absolute Gasteiger partial charge is 0.123 e. The molecule has 0 N–H and O–H groups in total. The highest BCUT2D eigenvalue weighted by Gasteiger charge is 2.38. The number of fused-ring (bicyclic) bond motifs is 3. The maximum absolute atomic E-state index is 13.8. The van der Waals surface area contributed by atoms with Crippen LogP contribution in [0.2, 0.25) is 0 Å². The summed E-state index contributed by atoms with van der Waals surface area (Å²) in [5.41, 5.74) is 13.9. The third kappa shape index (κ3) is 7.32. The SMILES string of the molecule is C=C/C=C(\C=C/N(C1=CCC(C)(c2ccc(F)cc2)C=C1)c1ccc(-c2cccc(N3c4ccccc4C4CCC=CC43)c2)cc1)c1ccc(-c2ccccc2)cc1. The summed E-state index contributed by atoms with van der Waals surface area (Å²) in [5.74, 6) is 0.305. The van der Waals surface area contributed by atoms with E-state index in [-0.39, 0.29) is 11.2 Å². The number of halogens is 1. The van der Waals surface area contributed by atoms with Gasteiger partial charge in [-0.15, -0.1) is 0 Å². The Hall–Kier alpha value is -6.71. The highest BCUT2D eigenvalue weighted by molar-refractivity contribution is 5.80. The fourth-order valence-electron chi connectivity index (χ4n) is 8.85. The van der Waals surface area contributed by atoms with Crippen LogP contribution in [-0.2, 0) is 5.41 Å². The van der Waals surface area contributed by atoms with E-state index in [1.54, 1.807) is 12.1 Å². The zero-order valence-electron chi connectivity index (χ0n) is 32.9. The quantitative estimate of drug-likeness (QED) is 0.101. The molecule has 3 unspecified atom stereocenters. The largest absolute Gasteiger partial charge is 0.334 e. The van der Waals surface area contributed by atoms with Crippen LogP contribution in [0.15, 0.2) is 219 Å². The molecule has 0 spiro atoms. The summed E-state index contributed by atoms with van der Waals surface area (Å²) >= 11 is 0. The summed E-state index contributed by atoms with van der Waals surface area (Å²) < 4.78 is 13.8. The lowest BCUT2D eigenvalue weighted by atomic mass is 9.77. The number of hydrogen-bond donors (Lipinski definition) is 0. The summed E-state index contributed by atoms with van der Waals surface area (Å²) in [5, 5.41) is 0. The Morgan fingerprint density at radius 3 is 2.24 bits per heavy atom. The van der Waals surface area contributed by atoms with Crippen LogP contribution in [0.1, 0.15) is 48.8 Å². The molecule has 1 aliphatic heterocycles. The number of nitrogens with zero attached hydrogens (tertiary/aromatic N) is 2. The van der Waals surface area contributed by atoms with Gasteiger partial charge in [-0.3, -0.25) is 0 Å². The minimum absolute atomic E-state index is 0.218. The second-order valence-electron chi connectivity index (χ2n) is 15.7. The molecule has 0 amide bonds. The van der Waals surface area contributed by atoms with Gasteiger partial charge < -0.3 is 9.80 Å². The lowest BCUT2D eigenvalue weighted by molar-refractivity contribution is 0.573. The molecule has 0 aromatic heterocycles. The van der Waals surface area contributed by atoms with Crippen molar-refractivity contribution in [1.29, 1.82) is 0 Å². The van der Waals surface area contributed by atoms with E-state index in [0.717, 1.165) is 40.9 Å². The van der Waals surface area contributed by atoms with Crippen molar-refractivity contribution in [2.45, 2.75) is 43.6 Å². The van der Waals surface area contributed by atoms with Crippen molar-refractivity contribution in [3.05, 3.63) is 241 Å². The van der Waals surface area contributed by atoms with Crippen molar-refractivity contribution in [2.75, 3.05) is 9.80 Å². The van der Waals surface area contributed by atoms with Gasteiger partial charge in [0.15, 0.2) is 0 Å². The Kier molecular flexibility index (Phi) is 10.2. The van der Waals surface area contributed by atoms with E-state index >= 15 is 0 Å². The normalized spacial score (nSPS) is 19.8. The molecule has 0 bridgehead atoms. The first kappa shape index (κ1) is 36.9. The molecule has 1 heterocycles. The molecule has 58 heavy (non-hydrogen) atoms. The summed E-state index contributed by atoms with van der Waals surface area (Å²) in [6.07, 6.45) is 22.8. The zero-order chi connectivity index (χ0) is 39.5. The number of para-hydroxylation sites is 1. The third-order valence-corrected chi connectivity index (χ3v) is 12.1. The minimum atomic E-state index is -0.237. The second-order valence-corrected chi connectivity index (χ2v) is 15.7. The van der Waals surface area contributed by atoms with Gasteiger partial charge in [0, 0.05) is 40.3 Å². The van der Waals surface area contributed by atoms with Crippen molar-refractivity contribution in [3.8, 4) is 22.3 Å². The van der Waals surface area contributed by atoms with E-state index < -0.39 is 0 Å². The topological polar surface area (TPSA) is 6.48 Å². The van der Waals surface area contributed by atoms with E-state index in [2.05, 4.69) is 193 Å². The Bertz CT molecular complexity index is 2570. The maximum Gasteiger partial charge on any atom is 0.123 e. The van der Waals surface area contributed by atoms with Gasteiger partial charge in [-0.1, -0.05) is 159 Å². The Morgan fingerprint density at radius 2 is 1.48 bits per heavy atom. The van der Waals surface area contributed by atoms with Gasteiger partial charge >= 0.3 is 0 Å². The fraction of sp³-hybridized carbons (Fsp3) is 0.127. The molecule has 2 aliphatic carbocycles. The van der Waals surface area contributed by atoms with Gasteiger partial charge in [0.1, 0.15) is 5.82 Å². The number of rotatable bonds is 10. The molecule has 0 fully saturated rings. The molecule has 0 radical (unpaired) electrons. The second kappa shape index (κ2) is 16.0. The molecule has 3 heteroatoms. The number of allylic oxidation sites excluding steroid dienone is 8. The van der Waals surface area contributed by atoms with Gasteiger partial charge in [-0.25, -0.2) is 4.39 Å². The molecule has 3 atom stereocenters. The molecule has 0 saturated carbocycles. The van der Waals surface area contributed by atoms with Crippen molar-refractivity contribution >= 4 is 22.6 Å². The van der Waals surface area contributed by atoms with Crippen LogP contribution in [0.25, 0.3) is 27.8 Å². The first-order valence-corrected chi connectivity index (χ1v) is 20.3. The standard InChI is InChI=1S/C55H47FN2/c1-3-12-40(42-21-23-43(24-22-42)41-13-5-4-6-14-41)35-38-57(49-33-36-55(2,37-34-49)46-27-29-47(56)30-28-46)48-31-25-44(26-32-48)45-15-11-16-50(39-45)58-53-19-9-7-17-51(53)52-18-8-10-20-54(52)58/h3-7,9-17,19-36,38-39,52,54H,1,8,18,37H2,2H3/b38-35-,40-12+. The van der Waals surface area contributed by atoms with E-state index in [4.69, 9.17) is 0 Å². The molecule has 2 nitrogen and oxygen atoms in total. The van der Waals surface area contributed by atoms with Gasteiger partial charge in [0.2, 0.25) is 0 Å². The van der Waals surface area contributed by atoms with Crippen molar-refractivity contribution in [2.24, 2.45) is 0 Å². The Balaban J connectivity index is 1.03. The van der Waals surface area contributed by atoms with Crippen LogP contribution in [0.5, 0.6) is 0 Å². The molecular formula is C55H47FN2. The predicted molar refractivity (Wildman–Crippen MR) is 243 cm³/mol. The van der Waals surface area contributed by atoms with Gasteiger partial charge in [-0.2, -0.15) is 0 Å². The maximum atomic E-state index is 13.8. The molecule has 6 aromatic carbocycles. The minimum Gasteiger partial charge on any atom is -0.334 e. The van der Waals surface area contributed by atoms with Crippen LogP contribution >= 0.6 is 0 Å². The van der Waals surface area contributed by atoms with Crippen LogP contribution in [0, 0.1) is 5.82 Å². The number of hydrogen-bond acceptors (Lipinski definition) is 2. The molecule has 6 aromatic rings. The zero-order valence-corrected chi connectivity index (χ0v) is 32.9. The van der Waals surface area contributed by atoms with Crippen LogP contribution in [0.4, 0.5) is 21.5 Å². The van der Waals surface area contributed by atoms with Gasteiger partial charge in [0.05, 0.1) is 6.04 Å². The monoisotopic (exact) mass is 754 g/mol. The van der Waals surface area contributed by atoms with Crippen LogP contribution < -0.4 is 9.80 Å². The summed E-state index contributed by atoms with van der Waals surface area (Å²) in [7, 11) is 0. The summed E-state index contributed by atoms with van der Waals surface area (Å²) in [6.45, 7) is 6.25. The first-order chi connectivity index (χ1) is 28.5.